The topological polar surface area (TPSA) is 55.1 Å². The summed E-state index contributed by atoms with van der Waals surface area (Å²) in [4.78, 5) is 11.9. The molecule has 1 unspecified atom stereocenters. The molecular formula is C11H14N2OS. The number of hydrogen-bond donors (Lipinski definition) is 2. The van der Waals surface area contributed by atoms with Crippen LogP contribution in [0.3, 0.4) is 0 Å². The van der Waals surface area contributed by atoms with Gasteiger partial charge in [0.25, 0.3) is 5.91 Å². The van der Waals surface area contributed by atoms with Crippen LogP contribution in [0.1, 0.15) is 22.8 Å². The first-order valence-corrected chi connectivity index (χ1v) is 5.08. The van der Waals surface area contributed by atoms with E-state index in [1.54, 1.807) is 19.1 Å². The number of rotatable bonds is 3. The molecule has 0 aliphatic carbocycles. The lowest BCUT2D eigenvalue weighted by Crippen LogP contribution is -2.41. The Hall–Kier alpha value is -1.42. The van der Waals surface area contributed by atoms with Gasteiger partial charge in [-0.05, 0) is 26.0 Å². The number of carbonyl (C=O) groups is 1. The van der Waals surface area contributed by atoms with Crippen LogP contribution in [0.15, 0.2) is 24.3 Å². The van der Waals surface area contributed by atoms with Gasteiger partial charge in [-0.25, -0.2) is 0 Å². The van der Waals surface area contributed by atoms with Crippen molar-refractivity contribution in [2.24, 2.45) is 5.73 Å². The molecule has 0 radical (unpaired) electrons. The number of nitrogens with one attached hydrogen (secondary N) is 1. The lowest BCUT2D eigenvalue weighted by atomic mass is 10.1. The average Bonchev–Trinajstić information content (AvgIpc) is 2.18. The fourth-order valence-electron chi connectivity index (χ4n) is 1.06. The summed E-state index contributed by atoms with van der Waals surface area (Å²) in [6, 6.07) is 7.04. The highest BCUT2D eigenvalue weighted by Gasteiger charge is 2.10. The van der Waals surface area contributed by atoms with Crippen LogP contribution in [0.2, 0.25) is 0 Å². The zero-order valence-corrected chi connectivity index (χ0v) is 9.60. The third-order valence-corrected chi connectivity index (χ3v) is 2.44. The predicted octanol–water partition coefficient (Wildman–Crippen LogP) is 1.40. The summed E-state index contributed by atoms with van der Waals surface area (Å²) in [6.07, 6.45) is 0. The summed E-state index contributed by atoms with van der Waals surface area (Å²) in [5.41, 5.74) is 7.14. The second-order valence-corrected chi connectivity index (χ2v) is 3.93. The van der Waals surface area contributed by atoms with E-state index in [0.717, 1.165) is 5.56 Å². The third kappa shape index (κ3) is 3.32. The van der Waals surface area contributed by atoms with E-state index in [0.29, 0.717) is 5.56 Å². The number of benzene rings is 1. The van der Waals surface area contributed by atoms with Gasteiger partial charge in [-0.1, -0.05) is 29.9 Å². The summed E-state index contributed by atoms with van der Waals surface area (Å²) < 4.78 is 0. The highest BCUT2D eigenvalue weighted by atomic mass is 32.1. The lowest BCUT2D eigenvalue weighted by Gasteiger charge is -2.11. The van der Waals surface area contributed by atoms with E-state index in [2.05, 4.69) is 5.32 Å². The Balaban J connectivity index is 2.69. The molecule has 0 spiro atoms. The molecule has 3 nitrogen and oxygen atoms in total. The Bertz CT molecular complexity index is 373. The monoisotopic (exact) mass is 222 g/mol. The van der Waals surface area contributed by atoms with Crippen molar-refractivity contribution < 1.29 is 4.79 Å². The van der Waals surface area contributed by atoms with Crippen LogP contribution < -0.4 is 11.1 Å². The van der Waals surface area contributed by atoms with Crippen molar-refractivity contribution in [1.29, 1.82) is 0 Å². The molecule has 1 amide bonds. The molecule has 4 heteroatoms. The van der Waals surface area contributed by atoms with Gasteiger partial charge in [0.15, 0.2) is 0 Å². The predicted molar refractivity (Wildman–Crippen MR) is 64.9 cm³/mol. The third-order valence-electron chi connectivity index (χ3n) is 2.09. The quantitative estimate of drug-likeness (QED) is 0.760. The lowest BCUT2D eigenvalue weighted by molar-refractivity contribution is 0.0949. The first kappa shape index (κ1) is 11.7. The van der Waals surface area contributed by atoms with Gasteiger partial charge >= 0.3 is 0 Å². The van der Waals surface area contributed by atoms with Gasteiger partial charge in [0.2, 0.25) is 0 Å². The highest BCUT2D eigenvalue weighted by Crippen LogP contribution is 2.03. The van der Waals surface area contributed by atoms with Crippen LogP contribution in [-0.2, 0) is 0 Å². The Morgan fingerprint density at radius 2 is 1.93 bits per heavy atom. The van der Waals surface area contributed by atoms with E-state index in [4.69, 9.17) is 18.0 Å². The second-order valence-electron chi connectivity index (χ2n) is 3.46. The molecule has 15 heavy (non-hydrogen) atoms. The Labute approximate surface area is 94.7 Å². The molecule has 0 aliphatic rings. The zero-order chi connectivity index (χ0) is 11.4. The van der Waals surface area contributed by atoms with Crippen molar-refractivity contribution in [2.75, 3.05) is 0 Å². The van der Waals surface area contributed by atoms with Crippen LogP contribution in [0.4, 0.5) is 0 Å². The fraction of sp³-hybridized carbons (Fsp3) is 0.273. The first-order valence-electron chi connectivity index (χ1n) is 4.67. The molecule has 80 valence electrons. The molecule has 0 saturated carbocycles. The maximum Gasteiger partial charge on any atom is 0.251 e. The summed E-state index contributed by atoms with van der Waals surface area (Å²) in [7, 11) is 0. The molecule has 1 aromatic rings. The molecule has 3 N–H and O–H groups in total. The smallest absolute Gasteiger partial charge is 0.251 e. The molecule has 1 atom stereocenters. The number of thiocarbonyl (C=S) groups is 1. The summed E-state index contributed by atoms with van der Waals surface area (Å²) in [5, 5.41) is 2.71. The van der Waals surface area contributed by atoms with Crippen LogP contribution in [-0.4, -0.2) is 16.9 Å². The van der Waals surface area contributed by atoms with Gasteiger partial charge in [-0.2, -0.15) is 0 Å². The Kier molecular flexibility index (Phi) is 3.80. The number of nitrogens with two attached hydrogens (primary N) is 1. The van der Waals surface area contributed by atoms with E-state index in [1.807, 2.05) is 19.1 Å². The second kappa shape index (κ2) is 4.89. The summed E-state index contributed by atoms with van der Waals surface area (Å²) >= 11 is 4.77. The maximum absolute atomic E-state index is 11.6. The van der Waals surface area contributed by atoms with E-state index in [9.17, 15) is 4.79 Å². The largest absolute Gasteiger partial charge is 0.392 e. The molecule has 0 bridgehead atoms. The minimum absolute atomic E-state index is 0.157. The number of hydrogen-bond acceptors (Lipinski definition) is 2. The SMILES string of the molecule is Cc1ccc(C(=O)NC(C)C(N)=S)cc1. The fourth-order valence-corrected chi connectivity index (χ4v) is 1.11. The van der Waals surface area contributed by atoms with Gasteiger partial charge in [-0.3, -0.25) is 4.79 Å². The van der Waals surface area contributed by atoms with E-state index in [-0.39, 0.29) is 16.9 Å². The van der Waals surface area contributed by atoms with Crippen LogP contribution in [0.5, 0.6) is 0 Å². The molecule has 1 rings (SSSR count). The van der Waals surface area contributed by atoms with Gasteiger partial charge < -0.3 is 11.1 Å². The van der Waals surface area contributed by atoms with Gasteiger partial charge in [-0.15, -0.1) is 0 Å². The van der Waals surface area contributed by atoms with Crippen molar-refractivity contribution >= 4 is 23.1 Å². The van der Waals surface area contributed by atoms with Crippen molar-refractivity contribution in [3.63, 3.8) is 0 Å². The minimum atomic E-state index is -0.284. The zero-order valence-electron chi connectivity index (χ0n) is 8.78. The molecule has 0 aromatic heterocycles. The normalized spacial score (nSPS) is 11.9. The summed E-state index contributed by atoms with van der Waals surface area (Å²) in [6.45, 7) is 3.73. The summed E-state index contributed by atoms with van der Waals surface area (Å²) in [5.74, 6) is -0.157. The first-order chi connectivity index (χ1) is 7.00. The molecule has 1 aromatic carbocycles. The maximum atomic E-state index is 11.6. The Morgan fingerprint density at radius 3 is 2.40 bits per heavy atom. The van der Waals surface area contributed by atoms with Gasteiger partial charge in [0, 0.05) is 5.56 Å². The van der Waals surface area contributed by atoms with E-state index >= 15 is 0 Å². The molecule has 0 aliphatic heterocycles. The van der Waals surface area contributed by atoms with Crippen LogP contribution >= 0.6 is 12.2 Å². The molecule has 0 fully saturated rings. The van der Waals surface area contributed by atoms with Gasteiger partial charge in [0.1, 0.15) is 0 Å². The van der Waals surface area contributed by atoms with Crippen molar-refractivity contribution in [1.82, 2.24) is 5.32 Å². The standard InChI is InChI=1S/C11H14N2OS/c1-7-3-5-9(6-4-7)11(14)13-8(2)10(12)15/h3-6,8H,1-2H3,(H2,12,15)(H,13,14). The van der Waals surface area contributed by atoms with Crippen LogP contribution in [0, 0.1) is 6.92 Å². The number of aryl methyl sites for hydroxylation is 1. The van der Waals surface area contributed by atoms with Crippen molar-refractivity contribution in [3.8, 4) is 0 Å². The van der Waals surface area contributed by atoms with E-state index < -0.39 is 0 Å². The average molecular weight is 222 g/mol. The molecule has 0 heterocycles. The van der Waals surface area contributed by atoms with Crippen molar-refractivity contribution in [2.45, 2.75) is 19.9 Å². The number of amides is 1. The molecular weight excluding hydrogens is 208 g/mol. The minimum Gasteiger partial charge on any atom is -0.392 e. The Morgan fingerprint density at radius 1 is 1.40 bits per heavy atom. The number of carbonyl (C=O) groups excluding carboxylic acids is 1. The highest BCUT2D eigenvalue weighted by molar-refractivity contribution is 7.80. The van der Waals surface area contributed by atoms with Gasteiger partial charge in [0.05, 0.1) is 11.0 Å². The van der Waals surface area contributed by atoms with E-state index in [1.165, 1.54) is 0 Å². The molecule has 0 saturated heterocycles. The van der Waals surface area contributed by atoms with Crippen molar-refractivity contribution in [3.05, 3.63) is 35.4 Å². The van der Waals surface area contributed by atoms with Crippen LogP contribution in [0.25, 0.3) is 0 Å².